The summed E-state index contributed by atoms with van der Waals surface area (Å²) in [6.07, 6.45) is -0.133. The van der Waals surface area contributed by atoms with Crippen LogP contribution in [0, 0.1) is 5.82 Å². The maximum Gasteiger partial charge on any atom is 0.299 e. The van der Waals surface area contributed by atoms with Gasteiger partial charge in [-0.2, -0.15) is 0 Å². The van der Waals surface area contributed by atoms with E-state index in [0.717, 1.165) is 25.7 Å². The molecule has 1 saturated heterocycles. The van der Waals surface area contributed by atoms with Gasteiger partial charge in [0.05, 0.1) is 30.5 Å². The fourth-order valence-corrected chi connectivity index (χ4v) is 2.84. The van der Waals surface area contributed by atoms with E-state index in [0.29, 0.717) is 18.8 Å². The van der Waals surface area contributed by atoms with Crippen molar-refractivity contribution in [3.05, 3.63) is 29.6 Å². The lowest BCUT2D eigenvalue weighted by Crippen LogP contribution is -2.48. The van der Waals surface area contributed by atoms with E-state index in [1.165, 1.54) is 17.0 Å². The van der Waals surface area contributed by atoms with Crippen LogP contribution in [0.25, 0.3) is 0 Å². The number of amides is 1. The summed E-state index contributed by atoms with van der Waals surface area (Å²) in [5.74, 6) is -1.76. The number of hydrogen-bond donors (Lipinski definition) is 0. The number of Topliss-reactive ketones (excluding diaryl/α,β-unsaturated/α-hetero) is 1. The zero-order valence-corrected chi connectivity index (χ0v) is 11.8. The maximum absolute atomic E-state index is 13.2. The number of benzene rings is 1. The van der Waals surface area contributed by atoms with Crippen LogP contribution in [0.3, 0.4) is 0 Å². The Morgan fingerprint density at radius 2 is 2.19 bits per heavy atom. The van der Waals surface area contributed by atoms with E-state index in [2.05, 4.69) is 11.8 Å². The third kappa shape index (κ3) is 2.56. The fourth-order valence-electron chi connectivity index (χ4n) is 2.84. The summed E-state index contributed by atoms with van der Waals surface area (Å²) in [7, 11) is 0. The lowest BCUT2D eigenvalue weighted by molar-refractivity contribution is -0.115. The van der Waals surface area contributed by atoms with Crippen LogP contribution in [0.1, 0.15) is 17.3 Å². The van der Waals surface area contributed by atoms with Gasteiger partial charge >= 0.3 is 0 Å². The monoisotopic (exact) mass is 292 g/mol. The van der Waals surface area contributed by atoms with Gasteiger partial charge in [-0.15, -0.1) is 0 Å². The molecule has 0 N–H and O–H groups in total. The number of halogens is 1. The van der Waals surface area contributed by atoms with Crippen molar-refractivity contribution in [2.45, 2.75) is 13.0 Å². The predicted molar refractivity (Wildman–Crippen MR) is 74.9 cm³/mol. The summed E-state index contributed by atoms with van der Waals surface area (Å²) in [6.45, 7) is 5.54. The number of rotatable bonds is 3. The summed E-state index contributed by atoms with van der Waals surface area (Å²) < 4.78 is 18.9. The number of morpholine rings is 1. The summed E-state index contributed by atoms with van der Waals surface area (Å²) in [5, 5.41) is 0. The summed E-state index contributed by atoms with van der Waals surface area (Å²) in [6, 6.07) is 3.86. The zero-order chi connectivity index (χ0) is 15.0. The number of nitrogens with zero attached hydrogens (tertiary/aromatic N) is 2. The van der Waals surface area contributed by atoms with E-state index in [1.807, 2.05) is 0 Å². The number of ketones is 1. The lowest BCUT2D eigenvalue weighted by atomic mass is 10.1. The van der Waals surface area contributed by atoms with Crippen LogP contribution in [0.15, 0.2) is 18.2 Å². The number of carbonyl (C=O) groups excluding carboxylic acids is 2. The smallest absolute Gasteiger partial charge is 0.299 e. The van der Waals surface area contributed by atoms with E-state index >= 15 is 0 Å². The number of hydrogen-bond acceptors (Lipinski definition) is 4. The molecule has 0 spiro atoms. The highest BCUT2D eigenvalue weighted by atomic mass is 19.1. The number of fused-ring (bicyclic) bond motifs is 1. The van der Waals surface area contributed by atoms with Gasteiger partial charge in [0.25, 0.3) is 11.7 Å². The SMILES string of the molecule is CCN1CCOC(CN2C(=O)C(=O)c3cc(F)ccc32)C1. The first-order chi connectivity index (χ1) is 10.1. The molecule has 21 heavy (non-hydrogen) atoms. The third-order valence-electron chi connectivity index (χ3n) is 3.99. The number of carbonyl (C=O) groups is 2. The molecular formula is C15H17FN2O3. The molecule has 112 valence electrons. The van der Waals surface area contributed by atoms with Crippen molar-refractivity contribution in [2.75, 3.05) is 37.7 Å². The van der Waals surface area contributed by atoms with Crippen LogP contribution in [-0.4, -0.2) is 55.5 Å². The van der Waals surface area contributed by atoms with Crippen molar-refractivity contribution >= 4 is 17.4 Å². The van der Waals surface area contributed by atoms with Crippen molar-refractivity contribution in [3.8, 4) is 0 Å². The molecule has 1 fully saturated rings. The molecule has 6 heteroatoms. The van der Waals surface area contributed by atoms with Gasteiger partial charge < -0.3 is 9.64 Å². The van der Waals surface area contributed by atoms with E-state index in [9.17, 15) is 14.0 Å². The zero-order valence-electron chi connectivity index (χ0n) is 11.8. The molecule has 1 unspecified atom stereocenters. The molecule has 1 aromatic carbocycles. The average Bonchev–Trinajstić information content (AvgIpc) is 2.72. The standard InChI is InChI=1S/C15H17FN2O3/c1-2-17-5-6-21-11(8-17)9-18-13-4-3-10(16)7-12(13)14(19)15(18)20/h3-4,7,11H,2,5-6,8-9H2,1H3. The van der Waals surface area contributed by atoms with Crippen molar-refractivity contribution in [2.24, 2.45) is 0 Å². The van der Waals surface area contributed by atoms with Gasteiger partial charge in [-0.1, -0.05) is 6.92 Å². The van der Waals surface area contributed by atoms with Crippen molar-refractivity contribution in [1.29, 1.82) is 0 Å². The predicted octanol–water partition coefficient (Wildman–Crippen LogP) is 1.08. The Balaban J connectivity index is 1.80. The van der Waals surface area contributed by atoms with Crippen molar-refractivity contribution in [1.82, 2.24) is 4.90 Å². The molecule has 1 amide bonds. The van der Waals surface area contributed by atoms with E-state index in [1.54, 1.807) is 0 Å². The molecule has 1 aromatic rings. The minimum absolute atomic E-state index is 0.133. The summed E-state index contributed by atoms with van der Waals surface area (Å²) >= 11 is 0. The Kier molecular flexibility index (Phi) is 3.73. The second-order valence-corrected chi connectivity index (χ2v) is 5.29. The van der Waals surface area contributed by atoms with Crippen LogP contribution in [0.2, 0.25) is 0 Å². The van der Waals surface area contributed by atoms with Crippen LogP contribution in [-0.2, 0) is 9.53 Å². The molecule has 0 saturated carbocycles. The second-order valence-electron chi connectivity index (χ2n) is 5.29. The topological polar surface area (TPSA) is 49.9 Å². The molecule has 2 heterocycles. The van der Waals surface area contributed by atoms with Gasteiger partial charge in [0, 0.05) is 13.1 Å². The van der Waals surface area contributed by atoms with E-state index in [-0.39, 0.29) is 11.7 Å². The number of likely N-dealkylation sites (N-methyl/N-ethyl adjacent to an activating group) is 1. The highest BCUT2D eigenvalue weighted by Crippen LogP contribution is 2.30. The van der Waals surface area contributed by atoms with Crippen LogP contribution in [0.5, 0.6) is 0 Å². The van der Waals surface area contributed by atoms with Gasteiger partial charge in [-0.3, -0.25) is 14.5 Å². The molecule has 0 aliphatic carbocycles. The van der Waals surface area contributed by atoms with E-state index in [4.69, 9.17) is 4.74 Å². The molecule has 0 aromatic heterocycles. The molecule has 0 radical (unpaired) electrons. The van der Waals surface area contributed by atoms with Gasteiger partial charge in [-0.05, 0) is 24.7 Å². The highest BCUT2D eigenvalue weighted by Gasteiger charge is 2.37. The van der Waals surface area contributed by atoms with Crippen molar-refractivity contribution in [3.63, 3.8) is 0 Å². The Bertz CT molecular complexity index is 590. The minimum Gasteiger partial charge on any atom is -0.374 e. The normalized spacial score (nSPS) is 22.8. The molecular weight excluding hydrogens is 275 g/mol. The third-order valence-corrected chi connectivity index (χ3v) is 3.99. The lowest BCUT2D eigenvalue weighted by Gasteiger charge is -2.34. The van der Waals surface area contributed by atoms with E-state index < -0.39 is 17.5 Å². The van der Waals surface area contributed by atoms with Gasteiger partial charge in [-0.25, -0.2) is 4.39 Å². The Morgan fingerprint density at radius 1 is 1.38 bits per heavy atom. The molecule has 2 aliphatic heterocycles. The van der Waals surface area contributed by atoms with Crippen LogP contribution < -0.4 is 4.90 Å². The number of ether oxygens (including phenoxy) is 1. The van der Waals surface area contributed by atoms with Crippen LogP contribution in [0.4, 0.5) is 10.1 Å². The van der Waals surface area contributed by atoms with Crippen LogP contribution >= 0.6 is 0 Å². The number of anilines is 1. The quantitative estimate of drug-likeness (QED) is 0.782. The molecule has 0 bridgehead atoms. The molecule has 2 aliphatic rings. The molecule has 1 atom stereocenters. The Hall–Kier alpha value is -1.79. The van der Waals surface area contributed by atoms with Gasteiger partial charge in [0.2, 0.25) is 0 Å². The maximum atomic E-state index is 13.2. The van der Waals surface area contributed by atoms with Gasteiger partial charge in [0.1, 0.15) is 5.82 Å². The first-order valence-electron chi connectivity index (χ1n) is 7.10. The highest BCUT2D eigenvalue weighted by molar-refractivity contribution is 6.52. The van der Waals surface area contributed by atoms with Crippen molar-refractivity contribution < 1.29 is 18.7 Å². The second kappa shape index (κ2) is 5.54. The first kappa shape index (κ1) is 14.2. The fraction of sp³-hybridized carbons (Fsp3) is 0.467. The summed E-state index contributed by atoms with van der Waals surface area (Å²) in [4.78, 5) is 27.6. The largest absolute Gasteiger partial charge is 0.374 e. The first-order valence-corrected chi connectivity index (χ1v) is 7.10. The summed E-state index contributed by atoms with van der Waals surface area (Å²) in [5.41, 5.74) is 0.617. The Morgan fingerprint density at radius 3 is 2.95 bits per heavy atom. The average molecular weight is 292 g/mol. The Labute approximate surface area is 122 Å². The minimum atomic E-state index is -0.646. The van der Waals surface area contributed by atoms with Gasteiger partial charge in [0.15, 0.2) is 0 Å². The molecule has 5 nitrogen and oxygen atoms in total. The molecule has 3 rings (SSSR count).